The summed E-state index contributed by atoms with van der Waals surface area (Å²) in [6.07, 6.45) is 7.18. The van der Waals surface area contributed by atoms with Crippen molar-refractivity contribution in [2.45, 2.75) is 44.6 Å². The third kappa shape index (κ3) is 2.30. The highest BCUT2D eigenvalue weighted by atomic mass is 15.2. The molecular weight excluding hydrogens is 258 g/mol. The van der Waals surface area contributed by atoms with Gasteiger partial charge in [-0.2, -0.15) is 0 Å². The summed E-state index contributed by atoms with van der Waals surface area (Å²) in [4.78, 5) is 7.49. The molecule has 0 bridgehead atoms. The first-order valence-corrected chi connectivity index (χ1v) is 8.24. The highest BCUT2D eigenvalue weighted by molar-refractivity contribution is 5.86. The fourth-order valence-corrected chi connectivity index (χ4v) is 3.83. The van der Waals surface area contributed by atoms with Crippen LogP contribution >= 0.6 is 0 Å². The third-order valence-corrected chi connectivity index (χ3v) is 5.03. The van der Waals surface area contributed by atoms with Gasteiger partial charge in [0.2, 0.25) is 0 Å². The molecule has 0 amide bonds. The van der Waals surface area contributed by atoms with Gasteiger partial charge in [0.15, 0.2) is 0 Å². The van der Waals surface area contributed by atoms with Crippen molar-refractivity contribution in [3.63, 3.8) is 0 Å². The van der Waals surface area contributed by atoms with Crippen LogP contribution < -0.4 is 10.6 Å². The first kappa shape index (κ1) is 13.1. The van der Waals surface area contributed by atoms with Crippen molar-refractivity contribution in [1.29, 1.82) is 0 Å². The van der Waals surface area contributed by atoms with Crippen molar-refractivity contribution in [2.24, 2.45) is 5.73 Å². The van der Waals surface area contributed by atoms with E-state index in [-0.39, 0.29) is 0 Å². The van der Waals surface area contributed by atoms with Crippen LogP contribution in [0.2, 0.25) is 0 Å². The minimum absolute atomic E-state index is 0.373. The lowest BCUT2D eigenvalue weighted by atomic mass is 9.88. The Labute approximate surface area is 126 Å². The van der Waals surface area contributed by atoms with Gasteiger partial charge in [-0.15, -0.1) is 0 Å². The van der Waals surface area contributed by atoms with Gasteiger partial charge in [0, 0.05) is 24.5 Å². The molecule has 1 aliphatic heterocycles. The van der Waals surface area contributed by atoms with Crippen molar-refractivity contribution in [2.75, 3.05) is 18.0 Å². The largest absolute Gasteiger partial charge is 0.356 e. The van der Waals surface area contributed by atoms with E-state index >= 15 is 0 Å². The zero-order chi connectivity index (χ0) is 14.2. The minimum atomic E-state index is 0.373. The summed E-state index contributed by atoms with van der Waals surface area (Å²) in [5.74, 6) is 1.25. The van der Waals surface area contributed by atoms with Gasteiger partial charge in [0.25, 0.3) is 0 Å². The molecule has 0 radical (unpaired) electrons. The van der Waals surface area contributed by atoms with Gasteiger partial charge in [-0.25, -0.2) is 4.98 Å². The Balaban J connectivity index is 1.84. The van der Waals surface area contributed by atoms with E-state index in [9.17, 15) is 0 Å². The van der Waals surface area contributed by atoms with E-state index in [2.05, 4.69) is 29.2 Å². The zero-order valence-electron chi connectivity index (χ0n) is 12.5. The summed E-state index contributed by atoms with van der Waals surface area (Å²) >= 11 is 0. The monoisotopic (exact) mass is 281 g/mol. The Morgan fingerprint density at radius 3 is 2.52 bits per heavy atom. The number of hydrogen-bond donors (Lipinski definition) is 1. The molecule has 1 fully saturated rings. The number of fused-ring (bicyclic) bond motifs is 3. The molecule has 0 saturated carbocycles. The standard InChI is InChI=1S/C18H23N3/c19-13-9-11-21(12-10-13)18-16-7-2-1-5-14(16)15-6-3-4-8-17(15)20-18/h3-4,6,8,13H,1-2,5,7,9-12,19H2. The second-order valence-electron chi connectivity index (χ2n) is 6.44. The van der Waals surface area contributed by atoms with E-state index in [1.54, 1.807) is 5.56 Å². The second-order valence-corrected chi connectivity index (χ2v) is 6.44. The van der Waals surface area contributed by atoms with Gasteiger partial charge in [-0.1, -0.05) is 18.2 Å². The van der Waals surface area contributed by atoms with Gasteiger partial charge in [0.1, 0.15) is 5.82 Å². The second kappa shape index (κ2) is 5.30. The fourth-order valence-electron chi connectivity index (χ4n) is 3.83. The van der Waals surface area contributed by atoms with E-state index in [4.69, 9.17) is 10.7 Å². The van der Waals surface area contributed by atoms with Gasteiger partial charge in [-0.05, 0) is 55.7 Å². The molecule has 3 nitrogen and oxygen atoms in total. The topological polar surface area (TPSA) is 42.1 Å². The molecule has 1 aromatic heterocycles. The Morgan fingerprint density at radius 1 is 1.00 bits per heavy atom. The molecule has 0 spiro atoms. The zero-order valence-corrected chi connectivity index (χ0v) is 12.5. The average molecular weight is 281 g/mol. The van der Waals surface area contributed by atoms with E-state index in [0.29, 0.717) is 6.04 Å². The first-order chi connectivity index (χ1) is 10.3. The van der Waals surface area contributed by atoms with Gasteiger partial charge < -0.3 is 10.6 Å². The number of nitrogens with zero attached hydrogens (tertiary/aromatic N) is 2. The van der Waals surface area contributed by atoms with Crippen molar-refractivity contribution >= 4 is 16.7 Å². The number of piperidine rings is 1. The summed E-state index contributed by atoms with van der Waals surface area (Å²) < 4.78 is 0. The van der Waals surface area contributed by atoms with Gasteiger partial charge in [-0.3, -0.25) is 0 Å². The number of aromatic nitrogens is 1. The number of rotatable bonds is 1. The Kier molecular flexibility index (Phi) is 3.30. The fraction of sp³-hybridized carbons (Fsp3) is 0.500. The van der Waals surface area contributed by atoms with E-state index in [1.807, 2.05) is 0 Å². The predicted octanol–water partition coefficient (Wildman–Crippen LogP) is 3.04. The number of anilines is 1. The molecule has 3 heteroatoms. The molecule has 2 aromatic rings. The van der Waals surface area contributed by atoms with Crippen LogP contribution in [0.5, 0.6) is 0 Å². The highest BCUT2D eigenvalue weighted by Crippen LogP contribution is 2.35. The molecule has 1 aliphatic carbocycles. The molecule has 2 aliphatic rings. The van der Waals surface area contributed by atoms with Crippen LogP contribution in [0.1, 0.15) is 36.8 Å². The van der Waals surface area contributed by atoms with Crippen LogP contribution in [-0.2, 0) is 12.8 Å². The summed E-state index contributed by atoms with van der Waals surface area (Å²) in [7, 11) is 0. The quantitative estimate of drug-likeness (QED) is 0.873. The van der Waals surface area contributed by atoms with E-state index < -0.39 is 0 Å². The molecular formula is C18H23N3. The maximum Gasteiger partial charge on any atom is 0.132 e. The summed E-state index contributed by atoms with van der Waals surface area (Å²) in [5, 5.41) is 1.37. The first-order valence-electron chi connectivity index (χ1n) is 8.24. The maximum atomic E-state index is 6.06. The molecule has 4 rings (SSSR count). The predicted molar refractivity (Wildman–Crippen MR) is 87.8 cm³/mol. The SMILES string of the molecule is NC1CCN(c2nc3ccccc3c3c2CCCC3)CC1. The van der Waals surface area contributed by atoms with Crippen molar-refractivity contribution in [1.82, 2.24) is 4.98 Å². The van der Waals surface area contributed by atoms with Crippen molar-refractivity contribution < 1.29 is 0 Å². The van der Waals surface area contributed by atoms with Crippen LogP contribution in [0.25, 0.3) is 10.9 Å². The summed E-state index contributed by atoms with van der Waals surface area (Å²) in [5.41, 5.74) is 10.3. The number of nitrogens with two attached hydrogens (primary N) is 1. The number of para-hydroxylation sites is 1. The summed E-state index contributed by atoms with van der Waals surface area (Å²) in [6, 6.07) is 9.00. The van der Waals surface area contributed by atoms with Crippen LogP contribution in [0.4, 0.5) is 5.82 Å². The number of aryl methyl sites for hydroxylation is 1. The Bertz CT molecular complexity index is 657. The molecule has 2 heterocycles. The lowest BCUT2D eigenvalue weighted by Crippen LogP contribution is -2.40. The minimum Gasteiger partial charge on any atom is -0.356 e. The molecule has 0 unspecified atom stereocenters. The van der Waals surface area contributed by atoms with Crippen molar-refractivity contribution in [3.8, 4) is 0 Å². The number of hydrogen-bond acceptors (Lipinski definition) is 3. The molecule has 0 atom stereocenters. The third-order valence-electron chi connectivity index (χ3n) is 5.03. The summed E-state index contributed by atoms with van der Waals surface area (Å²) in [6.45, 7) is 2.11. The maximum absolute atomic E-state index is 6.06. The van der Waals surface area contributed by atoms with E-state index in [1.165, 1.54) is 42.5 Å². The van der Waals surface area contributed by atoms with Gasteiger partial charge in [0.05, 0.1) is 5.52 Å². The van der Waals surface area contributed by atoms with Crippen LogP contribution in [-0.4, -0.2) is 24.1 Å². The molecule has 2 N–H and O–H groups in total. The van der Waals surface area contributed by atoms with E-state index in [0.717, 1.165) is 31.4 Å². The van der Waals surface area contributed by atoms with Gasteiger partial charge >= 0.3 is 0 Å². The molecule has 1 saturated heterocycles. The van der Waals surface area contributed by atoms with Crippen LogP contribution in [0.3, 0.4) is 0 Å². The normalized spacial score (nSPS) is 19.8. The van der Waals surface area contributed by atoms with Crippen LogP contribution in [0, 0.1) is 0 Å². The average Bonchev–Trinajstić information content (AvgIpc) is 2.55. The highest BCUT2D eigenvalue weighted by Gasteiger charge is 2.24. The number of benzene rings is 1. The van der Waals surface area contributed by atoms with Crippen molar-refractivity contribution in [3.05, 3.63) is 35.4 Å². The lowest BCUT2D eigenvalue weighted by Gasteiger charge is -2.34. The Hall–Kier alpha value is -1.61. The van der Waals surface area contributed by atoms with Crippen LogP contribution in [0.15, 0.2) is 24.3 Å². The molecule has 1 aromatic carbocycles. The smallest absolute Gasteiger partial charge is 0.132 e. The number of pyridine rings is 1. The molecule has 110 valence electrons. The Morgan fingerprint density at radius 2 is 1.71 bits per heavy atom. The molecule has 21 heavy (non-hydrogen) atoms. The lowest BCUT2D eigenvalue weighted by molar-refractivity contribution is 0.497.